The minimum Gasteiger partial charge on any atom is -0.385 e. The standard InChI is InChI=1S/C26H29N3O5S2/c1-17-7-10-23(35-17)36(32,33)28-14-11-18(12-15-28)25(30)27-21-8-9-22-24-19(21)5-3-6-20(24)26(31)29(22)13-4-16-34-2/h3,5-10,18H,4,11-16H2,1-2H3,(H,27,30). The van der Waals surface area contributed by atoms with Crippen molar-refractivity contribution < 1.29 is 22.7 Å². The number of amides is 2. The molecule has 1 fully saturated rings. The molecule has 0 aliphatic carbocycles. The maximum atomic E-state index is 13.2. The van der Waals surface area contributed by atoms with E-state index in [9.17, 15) is 18.0 Å². The van der Waals surface area contributed by atoms with Crippen LogP contribution in [0.1, 0.15) is 34.5 Å². The molecule has 5 rings (SSSR count). The summed E-state index contributed by atoms with van der Waals surface area (Å²) >= 11 is 1.27. The minimum absolute atomic E-state index is 0.0373. The predicted octanol–water partition coefficient (Wildman–Crippen LogP) is 4.25. The van der Waals surface area contributed by atoms with Crippen molar-refractivity contribution in [1.82, 2.24) is 4.31 Å². The lowest BCUT2D eigenvalue weighted by atomic mass is 9.96. The zero-order valence-corrected chi connectivity index (χ0v) is 22.0. The average Bonchev–Trinajstić information content (AvgIpc) is 3.44. The van der Waals surface area contributed by atoms with Crippen molar-refractivity contribution in [1.29, 1.82) is 0 Å². The summed E-state index contributed by atoms with van der Waals surface area (Å²) < 4.78 is 32.8. The van der Waals surface area contributed by atoms with Gasteiger partial charge in [0.2, 0.25) is 5.91 Å². The van der Waals surface area contributed by atoms with Crippen LogP contribution >= 0.6 is 11.3 Å². The van der Waals surface area contributed by atoms with E-state index >= 15 is 0 Å². The first-order valence-corrected chi connectivity index (χ1v) is 14.3. The zero-order chi connectivity index (χ0) is 25.4. The normalized spacial score (nSPS) is 16.7. The van der Waals surface area contributed by atoms with Crippen molar-refractivity contribution in [3.63, 3.8) is 0 Å². The number of aryl methyl sites for hydroxylation is 1. The SMILES string of the molecule is COCCCN1C(=O)c2cccc3c(NC(=O)C4CCN(S(=O)(=O)c5ccc(C)s5)CC4)ccc1c23. The van der Waals surface area contributed by atoms with E-state index in [4.69, 9.17) is 4.74 Å². The van der Waals surface area contributed by atoms with Crippen molar-refractivity contribution in [2.75, 3.05) is 43.6 Å². The van der Waals surface area contributed by atoms with E-state index in [1.807, 2.05) is 43.3 Å². The zero-order valence-electron chi connectivity index (χ0n) is 20.3. The van der Waals surface area contributed by atoms with Crippen LogP contribution in [0.15, 0.2) is 46.7 Å². The molecular formula is C26H29N3O5S2. The third kappa shape index (κ3) is 4.43. The molecule has 1 aromatic heterocycles. The second-order valence-corrected chi connectivity index (χ2v) is 12.6. The Bertz CT molecular complexity index is 1420. The van der Waals surface area contributed by atoms with E-state index in [2.05, 4.69) is 5.32 Å². The highest BCUT2D eigenvalue weighted by Gasteiger charge is 2.34. The fourth-order valence-electron chi connectivity index (χ4n) is 5.02. The molecule has 2 aliphatic heterocycles. The number of carbonyl (C=O) groups excluding carboxylic acids is 2. The Balaban J connectivity index is 1.30. The summed E-state index contributed by atoms with van der Waals surface area (Å²) in [5, 5.41) is 4.73. The van der Waals surface area contributed by atoms with Crippen molar-refractivity contribution in [2.45, 2.75) is 30.4 Å². The number of anilines is 2. The first kappa shape index (κ1) is 24.9. The number of benzene rings is 2. The summed E-state index contributed by atoms with van der Waals surface area (Å²) in [7, 11) is -1.88. The molecule has 2 aromatic carbocycles. The van der Waals surface area contributed by atoms with Gasteiger partial charge in [0.1, 0.15) is 4.21 Å². The molecular weight excluding hydrogens is 498 g/mol. The highest BCUT2D eigenvalue weighted by Crippen LogP contribution is 2.41. The summed E-state index contributed by atoms with van der Waals surface area (Å²) in [4.78, 5) is 28.9. The van der Waals surface area contributed by atoms with E-state index < -0.39 is 10.0 Å². The fourth-order valence-corrected chi connectivity index (χ4v) is 7.92. The Kier molecular flexibility index (Phi) is 6.86. The molecule has 0 radical (unpaired) electrons. The number of nitrogens with one attached hydrogen (secondary N) is 1. The Hall–Kier alpha value is -2.79. The van der Waals surface area contributed by atoms with Crippen molar-refractivity contribution in [3.8, 4) is 0 Å². The lowest BCUT2D eigenvalue weighted by molar-refractivity contribution is -0.120. The van der Waals surface area contributed by atoms with Crippen LogP contribution < -0.4 is 10.2 Å². The molecule has 0 spiro atoms. The van der Waals surface area contributed by atoms with Gasteiger partial charge in [-0.15, -0.1) is 11.3 Å². The lowest BCUT2D eigenvalue weighted by Crippen LogP contribution is -2.41. The van der Waals surface area contributed by atoms with E-state index in [-0.39, 0.29) is 17.7 Å². The quantitative estimate of drug-likeness (QED) is 0.442. The molecule has 3 aromatic rings. The summed E-state index contributed by atoms with van der Waals surface area (Å²) in [6.45, 7) is 3.65. The van der Waals surface area contributed by atoms with Crippen LogP contribution in [0, 0.1) is 12.8 Å². The van der Waals surface area contributed by atoms with Gasteiger partial charge in [-0.25, -0.2) is 8.42 Å². The highest BCUT2D eigenvalue weighted by atomic mass is 32.2. The number of carbonyl (C=O) groups is 2. The van der Waals surface area contributed by atoms with E-state index in [1.54, 1.807) is 18.1 Å². The Morgan fingerprint density at radius 3 is 2.61 bits per heavy atom. The second kappa shape index (κ2) is 9.93. The number of rotatable bonds is 8. The topological polar surface area (TPSA) is 96.0 Å². The first-order chi connectivity index (χ1) is 17.3. The summed E-state index contributed by atoms with van der Waals surface area (Å²) in [5.41, 5.74) is 2.15. The molecule has 190 valence electrons. The van der Waals surface area contributed by atoms with Gasteiger partial charge in [0.15, 0.2) is 0 Å². The number of methoxy groups -OCH3 is 1. The van der Waals surface area contributed by atoms with Crippen LogP contribution in [0.4, 0.5) is 11.4 Å². The predicted molar refractivity (Wildman–Crippen MR) is 141 cm³/mol. The molecule has 2 amide bonds. The fraction of sp³-hybridized carbons (Fsp3) is 0.385. The molecule has 0 atom stereocenters. The second-order valence-electron chi connectivity index (χ2n) is 9.20. The van der Waals surface area contributed by atoms with Crippen molar-refractivity contribution in [3.05, 3.63) is 52.9 Å². The molecule has 0 unspecified atom stereocenters. The van der Waals surface area contributed by atoms with Crippen LogP contribution in [-0.4, -0.2) is 57.9 Å². The van der Waals surface area contributed by atoms with Crippen LogP contribution in [0.2, 0.25) is 0 Å². The summed E-state index contributed by atoms with van der Waals surface area (Å²) in [6, 6.07) is 12.8. The molecule has 1 N–H and O–H groups in total. The first-order valence-electron chi connectivity index (χ1n) is 12.0. The molecule has 3 heterocycles. The van der Waals surface area contributed by atoms with Gasteiger partial charge in [0.25, 0.3) is 15.9 Å². The van der Waals surface area contributed by atoms with Gasteiger partial charge in [0, 0.05) is 66.2 Å². The number of hydrogen-bond acceptors (Lipinski definition) is 6. The van der Waals surface area contributed by atoms with Gasteiger partial charge >= 0.3 is 0 Å². The minimum atomic E-state index is -3.52. The maximum absolute atomic E-state index is 13.2. The molecule has 1 saturated heterocycles. The third-order valence-electron chi connectivity index (χ3n) is 6.91. The van der Waals surface area contributed by atoms with Crippen LogP contribution in [0.5, 0.6) is 0 Å². The summed E-state index contributed by atoms with van der Waals surface area (Å²) in [5.74, 6) is -0.442. The van der Waals surface area contributed by atoms with E-state index in [1.165, 1.54) is 15.6 Å². The number of hydrogen-bond donors (Lipinski definition) is 1. The molecule has 0 bridgehead atoms. The summed E-state index contributed by atoms with van der Waals surface area (Å²) in [6.07, 6.45) is 1.65. The average molecular weight is 528 g/mol. The molecule has 0 saturated carbocycles. The Morgan fingerprint density at radius 2 is 1.92 bits per heavy atom. The van der Waals surface area contributed by atoms with E-state index in [0.29, 0.717) is 54.5 Å². The highest BCUT2D eigenvalue weighted by molar-refractivity contribution is 7.91. The number of ether oxygens (including phenoxy) is 1. The van der Waals surface area contributed by atoms with Gasteiger partial charge in [0.05, 0.1) is 5.69 Å². The Morgan fingerprint density at radius 1 is 1.14 bits per heavy atom. The van der Waals surface area contributed by atoms with Crippen LogP contribution in [0.25, 0.3) is 10.8 Å². The number of nitrogens with zero attached hydrogens (tertiary/aromatic N) is 2. The molecule has 10 heteroatoms. The molecule has 36 heavy (non-hydrogen) atoms. The van der Waals surface area contributed by atoms with Crippen LogP contribution in [0.3, 0.4) is 0 Å². The smallest absolute Gasteiger partial charge is 0.258 e. The number of thiophene rings is 1. The van der Waals surface area contributed by atoms with E-state index in [0.717, 1.165) is 27.8 Å². The monoisotopic (exact) mass is 527 g/mol. The van der Waals surface area contributed by atoms with Crippen LogP contribution in [-0.2, 0) is 19.6 Å². The molecule has 8 nitrogen and oxygen atoms in total. The maximum Gasteiger partial charge on any atom is 0.258 e. The van der Waals surface area contributed by atoms with Gasteiger partial charge in [-0.2, -0.15) is 4.31 Å². The molecule has 2 aliphatic rings. The number of piperidine rings is 1. The third-order valence-corrected chi connectivity index (χ3v) is 10.3. The van der Waals surface area contributed by atoms with Gasteiger partial charge in [-0.3, -0.25) is 9.59 Å². The lowest BCUT2D eigenvalue weighted by Gasteiger charge is -2.30. The largest absolute Gasteiger partial charge is 0.385 e. The van der Waals surface area contributed by atoms with Gasteiger partial charge < -0.3 is 15.0 Å². The van der Waals surface area contributed by atoms with Gasteiger partial charge in [-0.1, -0.05) is 12.1 Å². The van der Waals surface area contributed by atoms with Gasteiger partial charge in [-0.05, 0) is 56.5 Å². The number of sulfonamides is 1. The van der Waals surface area contributed by atoms with Crippen molar-refractivity contribution >= 4 is 55.3 Å². The van der Waals surface area contributed by atoms with Crippen molar-refractivity contribution in [2.24, 2.45) is 5.92 Å². The Labute approximate surface area is 214 Å².